The third-order valence-corrected chi connectivity index (χ3v) is 8.52. The summed E-state index contributed by atoms with van der Waals surface area (Å²) in [5, 5.41) is 28.5. The molecule has 1 fully saturated rings. The molecule has 3 aromatic heterocycles. The molecule has 0 spiro atoms. The highest BCUT2D eigenvalue weighted by Crippen LogP contribution is 2.39. The van der Waals surface area contributed by atoms with Crippen LogP contribution in [0.5, 0.6) is 0 Å². The van der Waals surface area contributed by atoms with Crippen LogP contribution in [0.25, 0.3) is 16.6 Å². The molecule has 36 heavy (non-hydrogen) atoms. The number of aromatic nitrogens is 4. The van der Waals surface area contributed by atoms with Gasteiger partial charge >= 0.3 is 0 Å². The van der Waals surface area contributed by atoms with Crippen molar-refractivity contribution in [1.29, 1.82) is 10.5 Å². The van der Waals surface area contributed by atoms with Gasteiger partial charge in [-0.05, 0) is 64.4 Å². The minimum Gasteiger partial charge on any atom is -0.304 e. The fraction of sp³-hybridized carbons (Fsp3) is 0.357. The van der Waals surface area contributed by atoms with Crippen molar-refractivity contribution in [2.75, 3.05) is 13.6 Å². The van der Waals surface area contributed by atoms with E-state index in [0.29, 0.717) is 23.2 Å². The number of hydrogen-bond donors (Lipinski definition) is 0. The molecule has 3 heterocycles. The molecule has 0 radical (unpaired) electrons. The quantitative estimate of drug-likeness (QED) is 0.334. The molecule has 182 valence electrons. The molecule has 7 nitrogen and oxygen atoms in total. The molecule has 0 aliphatic heterocycles. The summed E-state index contributed by atoms with van der Waals surface area (Å²) in [7, 11) is 2.22. The summed E-state index contributed by atoms with van der Waals surface area (Å²) >= 11 is 1.49. The SMILES string of the molecule is CCN(C)[C@H]1CC[C@@H](n2ncc(-c3cc(Sc4ccccc4C#N)c4c(C#N)cnn4c3)c2C)CC1. The van der Waals surface area contributed by atoms with Gasteiger partial charge in [-0.2, -0.15) is 20.7 Å². The molecule has 0 saturated heterocycles. The number of nitriles is 2. The minimum atomic E-state index is 0.412. The highest BCUT2D eigenvalue weighted by atomic mass is 32.2. The largest absolute Gasteiger partial charge is 0.304 e. The Bertz CT molecular complexity index is 1480. The van der Waals surface area contributed by atoms with Gasteiger partial charge in [0.15, 0.2) is 0 Å². The lowest BCUT2D eigenvalue weighted by Gasteiger charge is -2.34. The lowest BCUT2D eigenvalue weighted by molar-refractivity contribution is 0.168. The predicted octanol–water partition coefficient (Wildman–Crippen LogP) is 5.84. The number of pyridine rings is 1. The van der Waals surface area contributed by atoms with Gasteiger partial charge in [-0.25, -0.2) is 4.52 Å². The molecular formula is C28H29N7S. The fourth-order valence-electron chi connectivity index (χ4n) is 5.23. The number of rotatable bonds is 6. The normalized spacial score (nSPS) is 17.8. The molecule has 0 unspecified atom stereocenters. The first-order valence-corrected chi connectivity index (χ1v) is 13.2. The van der Waals surface area contributed by atoms with E-state index in [-0.39, 0.29) is 0 Å². The van der Waals surface area contributed by atoms with Crippen LogP contribution < -0.4 is 0 Å². The van der Waals surface area contributed by atoms with Gasteiger partial charge < -0.3 is 4.90 Å². The average molecular weight is 496 g/mol. The zero-order valence-corrected chi connectivity index (χ0v) is 21.7. The molecule has 0 amide bonds. The van der Waals surface area contributed by atoms with Gasteiger partial charge in [0.2, 0.25) is 0 Å². The zero-order valence-electron chi connectivity index (χ0n) is 20.8. The Kier molecular flexibility index (Phi) is 6.82. The second-order valence-corrected chi connectivity index (χ2v) is 10.5. The van der Waals surface area contributed by atoms with Gasteiger partial charge in [0.05, 0.1) is 35.1 Å². The Morgan fingerprint density at radius 3 is 2.50 bits per heavy atom. The van der Waals surface area contributed by atoms with E-state index in [1.165, 1.54) is 24.6 Å². The number of hydrogen-bond acceptors (Lipinski definition) is 6. The summed E-state index contributed by atoms with van der Waals surface area (Å²) in [4.78, 5) is 4.20. The van der Waals surface area contributed by atoms with Gasteiger partial charge in [0.1, 0.15) is 12.1 Å². The van der Waals surface area contributed by atoms with Crippen molar-refractivity contribution < 1.29 is 0 Å². The lowest BCUT2D eigenvalue weighted by Crippen LogP contribution is -2.35. The Hall–Kier alpha value is -3.59. The van der Waals surface area contributed by atoms with Crippen LogP contribution >= 0.6 is 11.8 Å². The highest BCUT2D eigenvalue weighted by Gasteiger charge is 2.26. The molecule has 0 N–H and O–H groups in total. The van der Waals surface area contributed by atoms with Crippen molar-refractivity contribution in [3.8, 4) is 23.3 Å². The smallest absolute Gasteiger partial charge is 0.103 e. The van der Waals surface area contributed by atoms with Crippen LogP contribution in [0.2, 0.25) is 0 Å². The van der Waals surface area contributed by atoms with E-state index in [1.807, 2.05) is 36.7 Å². The van der Waals surface area contributed by atoms with E-state index >= 15 is 0 Å². The summed E-state index contributed by atoms with van der Waals surface area (Å²) in [5.41, 5.74) is 5.08. The lowest BCUT2D eigenvalue weighted by atomic mass is 9.90. The molecule has 5 rings (SSSR count). The summed E-state index contributed by atoms with van der Waals surface area (Å²) in [6.07, 6.45) is 10.2. The van der Waals surface area contributed by atoms with E-state index in [0.717, 1.165) is 51.5 Å². The van der Waals surface area contributed by atoms with Gasteiger partial charge in [0, 0.05) is 38.9 Å². The molecule has 4 aromatic rings. The fourth-order valence-corrected chi connectivity index (χ4v) is 6.33. The standard InChI is InChI=1S/C28H29N7S/c1-4-33(3)23-9-11-24(12-10-23)35-19(2)25(17-32-35)21-13-27(28-22(15-30)16-31-34(28)18-21)36-26-8-6-5-7-20(26)14-29/h5-8,13,16-18,23-24H,4,9-12H2,1-3H3/t23-,24+. The summed E-state index contributed by atoms with van der Waals surface area (Å²) in [6, 6.07) is 15.2. The Morgan fingerprint density at radius 1 is 1.03 bits per heavy atom. The van der Waals surface area contributed by atoms with E-state index < -0.39 is 0 Å². The van der Waals surface area contributed by atoms with Crippen molar-refractivity contribution in [2.45, 2.75) is 61.4 Å². The monoisotopic (exact) mass is 495 g/mol. The zero-order chi connectivity index (χ0) is 25.2. The molecule has 0 atom stereocenters. The Labute approximate surface area is 216 Å². The van der Waals surface area contributed by atoms with Crippen molar-refractivity contribution in [3.63, 3.8) is 0 Å². The second-order valence-electron chi connectivity index (χ2n) is 9.39. The van der Waals surface area contributed by atoms with Crippen LogP contribution in [0, 0.1) is 29.6 Å². The Balaban J connectivity index is 1.51. The van der Waals surface area contributed by atoms with Gasteiger partial charge in [-0.1, -0.05) is 30.8 Å². The van der Waals surface area contributed by atoms with E-state index in [1.54, 1.807) is 10.7 Å². The van der Waals surface area contributed by atoms with Crippen LogP contribution in [0.1, 0.15) is 55.5 Å². The van der Waals surface area contributed by atoms with Crippen molar-refractivity contribution in [3.05, 3.63) is 65.7 Å². The molecular weight excluding hydrogens is 466 g/mol. The molecule has 1 aromatic carbocycles. The van der Waals surface area contributed by atoms with Crippen LogP contribution in [0.15, 0.2) is 58.7 Å². The third kappa shape index (κ3) is 4.39. The summed E-state index contributed by atoms with van der Waals surface area (Å²) in [6.45, 7) is 5.44. The van der Waals surface area contributed by atoms with Gasteiger partial charge in [-0.15, -0.1) is 0 Å². The topological polar surface area (TPSA) is 85.9 Å². The number of nitrogens with zero attached hydrogens (tertiary/aromatic N) is 7. The van der Waals surface area contributed by atoms with Gasteiger partial charge in [-0.3, -0.25) is 4.68 Å². The summed E-state index contributed by atoms with van der Waals surface area (Å²) in [5.74, 6) is 0. The van der Waals surface area contributed by atoms with E-state index in [9.17, 15) is 10.5 Å². The average Bonchev–Trinajstić information content (AvgIpc) is 3.51. The van der Waals surface area contributed by atoms with E-state index in [2.05, 4.69) is 53.8 Å². The van der Waals surface area contributed by atoms with Crippen molar-refractivity contribution in [2.24, 2.45) is 0 Å². The predicted molar refractivity (Wildman–Crippen MR) is 141 cm³/mol. The maximum atomic E-state index is 9.68. The van der Waals surface area contributed by atoms with Gasteiger partial charge in [0.25, 0.3) is 0 Å². The molecule has 1 aliphatic rings. The minimum absolute atomic E-state index is 0.412. The molecule has 1 saturated carbocycles. The number of benzene rings is 1. The molecule has 0 bridgehead atoms. The van der Waals surface area contributed by atoms with Crippen LogP contribution in [0.3, 0.4) is 0 Å². The first kappa shape index (κ1) is 24.1. The molecule has 8 heteroatoms. The second kappa shape index (κ2) is 10.2. The highest BCUT2D eigenvalue weighted by molar-refractivity contribution is 7.99. The van der Waals surface area contributed by atoms with Crippen molar-refractivity contribution >= 4 is 17.3 Å². The summed E-state index contributed by atoms with van der Waals surface area (Å²) < 4.78 is 3.97. The maximum absolute atomic E-state index is 9.68. The van der Waals surface area contributed by atoms with E-state index in [4.69, 9.17) is 5.10 Å². The molecule has 1 aliphatic carbocycles. The number of fused-ring (bicyclic) bond motifs is 1. The first-order chi connectivity index (χ1) is 17.5. The van der Waals surface area contributed by atoms with Crippen LogP contribution in [-0.4, -0.2) is 43.9 Å². The van der Waals surface area contributed by atoms with Crippen molar-refractivity contribution in [1.82, 2.24) is 24.3 Å². The third-order valence-electron chi connectivity index (χ3n) is 7.41. The first-order valence-electron chi connectivity index (χ1n) is 12.4. The maximum Gasteiger partial charge on any atom is 0.103 e. The van der Waals surface area contributed by atoms with Crippen LogP contribution in [-0.2, 0) is 0 Å². The van der Waals surface area contributed by atoms with Crippen LogP contribution in [0.4, 0.5) is 0 Å². The Morgan fingerprint density at radius 2 is 1.78 bits per heavy atom.